The molecule has 0 atom stereocenters. The zero-order valence-electron chi connectivity index (χ0n) is 18.3. The second kappa shape index (κ2) is 8.65. The van der Waals surface area contributed by atoms with Gasteiger partial charge in [0.1, 0.15) is 12.1 Å². The maximum absolute atomic E-state index is 12.9. The van der Waals surface area contributed by atoms with Crippen LogP contribution in [-0.4, -0.2) is 53.2 Å². The molecule has 7 heteroatoms. The van der Waals surface area contributed by atoms with Crippen molar-refractivity contribution in [1.29, 1.82) is 0 Å². The van der Waals surface area contributed by atoms with Crippen molar-refractivity contribution in [3.05, 3.63) is 59.7 Å². The fraction of sp³-hybridized carbons (Fsp3) is 0.400. The molecule has 32 heavy (non-hydrogen) atoms. The Balaban J connectivity index is 1.37. The first-order valence-electron chi connectivity index (χ1n) is 10.9. The highest BCUT2D eigenvalue weighted by atomic mass is 16.5. The third-order valence-corrected chi connectivity index (χ3v) is 6.42. The number of carboxylic acids is 1. The van der Waals surface area contributed by atoms with Crippen molar-refractivity contribution in [3.63, 3.8) is 0 Å². The van der Waals surface area contributed by atoms with Crippen LogP contribution in [0.1, 0.15) is 43.7 Å². The normalized spacial score (nSPS) is 16.2. The fourth-order valence-corrected chi connectivity index (χ4v) is 4.67. The molecule has 1 fully saturated rings. The van der Waals surface area contributed by atoms with Crippen LogP contribution in [-0.2, 0) is 14.3 Å². The molecule has 0 unspecified atom stereocenters. The number of piperidine rings is 1. The standard InChI is InChI=1S/C25H28N2O5/c1-25(2,23(30)27-13-11-16(12-14-27)22(28)29)26-24(31)32-15-21-19-9-5-3-7-17(19)18-8-4-6-10-20(18)21/h3-10,16,21H,11-15H2,1-2H3,(H,26,31)(H,28,29). The first-order valence-corrected chi connectivity index (χ1v) is 10.9. The number of aliphatic carboxylic acids is 1. The molecule has 2 N–H and O–H groups in total. The number of ether oxygens (including phenoxy) is 1. The molecule has 2 amide bonds. The zero-order valence-corrected chi connectivity index (χ0v) is 18.3. The van der Waals surface area contributed by atoms with Crippen LogP contribution >= 0.6 is 0 Å². The first kappa shape index (κ1) is 21.9. The predicted molar refractivity (Wildman–Crippen MR) is 119 cm³/mol. The Hall–Kier alpha value is -3.35. The number of nitrogens with zero attached hydrogens (tertiary/aromatic N) is 1. The quantitative estimate of drug-likeness (QED) is 0.746. The minimum absolute atomic E-state index is 0.0537. The fourth-order valence-electron chi connectivity index (χ4n) is 4.67. The van der Waals surface area contributed by atoms with Crippen LogP contribution in [0, 0.1) is 5.92 Å². The summed E-state index contributed by atoms with van der Waals surface area (Å²) < 4.78 is 5.56. The highest BCUT2D eigenvalue weighted by Crippen LogP contribution is 2.44. The van der Waals surface area contributed by atoms with Crippen LogP contribution in [0.3, 0.4) is 0 Å². The van der Waals surface area contributed by atoms with E-state index < -0.39 is 23.5 Å². The van der Waals surface area contributed by atoms with Gasteiger partial charge in [-0.1, -0.05) is 48.5 Å². The van der Waals surface area contributed by atoms with Crippen molar-refractivity contribution in [1.82, 2.24) is 10.2 Å². The minimum atomic E-state index is -1.15. The number of hydrogen-bond acceptors (Lipinski definition) is 4. The maximum Gasteiger partial charge on any atom is 0.408 e. The second-order valence-electron chi connectivity index (χ2n) is 8.98. The van der Waals surface area contributed by atoms with Gasteiger partial charge < -0.3 is 20.1 Å². The smallest absolute Gasteiger partial charge is 0.408 e. The van der Waals surface area contributed by atoms with E-state index in [0.717, 1.165) is 22.3 Å². The Morgan fingerprint density at radius 2 is 1.53 bits per heavy atom. The summed E-state index contributed by atoms with van der Waals surface area (Å²) in [7, 11) is 0. The van der Waals surface area contributed by atoms with Gasteiger partial charge >= 0.3 is 12.1 Å². The summed E-state index contributed by atoms with van der Waals surface area (Å²) in [5, 5.41) is 11.8. The van der Waals surface area contributed by atoms with Gasteiger partial charge in [-0.05, 0) is 48.9 Å². The van der Waals surface area contributed by atoms with Crippen molar-refractivity contribution >= 4 is 18.0 Å². The Labute approximate surface area is 187 Å². The van der Waals surface area contributed by atoms with Crippen molar-refractivity contribution in [2.45, 2.75) is 38.1 Å². The monoisotopic (exact) mass is 436 g/mol. The summed E-state index contributed by atoms with van der Waals surface area (Å²) in [5.41, 5.74) is 3.39. The van der Waals surface area contributed by atoms with E-state index in [1.165, 1.54) is 0 Å². The summed E-state index contributed by atoms with van der Waals surface area (Å²) in [5.74, 6) is -1.54. The topological polar surface area (TPSA) is 95.9 Å². The lowest BCUT2D eigenvalue weighted by Gasteiger charge is -2.36. The van der Waals surface area contributed by atoms with E-state index in [9.17, 15) is 14.4 Å². The van der Waals surface area contributed by atoms with E-state index in [1.807, 2.05) is 24.3 Å². The van der Waals surface area contributed by atoms with E-state index in [-0.39, 0.29) is 18.4 Å². The SMILES string of the molecule is CC(C)(NC(=O)OCC1c2ccccc2-c2ccccc21)C(=O)N1CCC(C(=O)O)CC1. The molecule has 0 aromatic heterocycles. The molecule has 2 aliphatic rings. The number of fused-ring (bicyclic) bond motifs is 3. The number of carbonyl (C=O) groups is 3. The summed E-state index contributed by atoms with van der Waals surface area (Å²) in [6, 6.07) is 16.2. The highest BCUT2D eigenvalue weighted by molar-refractivity contribution is 5.89. The molecule has 1 aliphatic heterocycles. The molecule has 1 heterocycles. The zero-order chi connectivity index (χ0) is 22.9. The van der Waals surface area contributed by atoms with E-state index in [4.69, 9.17) is 9.84 Å². The lowest BCUT2D eigenvalue weighted by atomic mass is 9.95. The molecule has 2 aromatic rings. The van der Waals surface area contributed by atoms with Gasteiger partial charge in [0.25, 0.3) is 0 Å². The van der Waals surface area contributed by atoms with E-state index in [0.29, 0.717) is 25.9 Å². The van der Waals surface area contributed by atoms with E-state index in [2.05, 4.69) is 29.6 Å². The minimum Gasteiger partial charge on any atom is -0.481 e. The summed E-state index contributed by atoms with van der Waals surface area (Å²) in [6.45, 7) is 4.19. The number of carbonyl (C=O) groups excluding carboxylic acids is 2. The number of rotatable bonds is 5. The molecule has 7 nitrogen and oxygen atoms in total. The predicted octanol–water partition coefficient (Wildman–Crippen LogP) is 3.63. The van der Waals surface area contributed by atoms with Crippen molar-refractivity contribution < 1.29 is 24.2 Å². The molecule has 1 saturated heterocycles. The molecule has 0 bridgehead atoms. The average Bonchev–Trinajstić information content (AvgIpc) is 3.11. The van der Waals surface area contributed by atoms with Crippen molar-refractivity contribution in [2.75, 3.05) is 19.7 Å². The van der Waals surface area contributed by atoms with E-state index in [1.54, 1.807) is 18.7 Å². The van der Waals surface area contributed by atoms with Gasteiger partial charge in [0.05, 0.1) is 5.92 Å². The second-order valence-corrected chi connectivity index (χ2v) is 8.98. The van der Waals surface area contributed by atoms with Gasteiger partial charge in [0.15, 0.2) is 0 Å². The third-order valence-electron chi connectivity index (χ3n) is 6.42. The summed E-state index contributed by atoms with van der Waals surface area (Å²) in [4.78, 5) is 38.3. The molecule has 168 valence electrons. The molecule has 1 aliphatic carbocycles. The van der Waals surface area contributed by atoms with Gasteiger partial charge in [0.2, 0.25) is 5.91 Å². The molecule has 0 radical (unpaired) electrons. The Morgan fingerprint density at radius 3 is 2.06 bits per heavy atom. The van der Waals surface area contributed by atoms with Gasteiger partial charge in [-0.25, -0.2) is 4.79 Å². The number of alkyl carbamates (subject to hydrolysis) is 1. The largest absolute Gasteiger partial charge is 0.481 e. The van der Waals surface area contributed by atoms with Gasteiger partial charge in [-0.2, -0.15) is 0 Å². The lowest BCUT2D eigenvalue weighted by molar-refractivity contribution is -0.147. The lowest BCUT2D eigenvalue weighted by Crippen LogP contribution is -2.57. The van der Waals surface area contributed by atoms with Gasteiger partial charge in [-0.3, -0.25) is 9.59 Å². The third kappa shape index (κ3) is 4.20. The van der Waals surface area contributed by atoms with Gasteiger partial charge in [0, 0.05) is 19.0 Å². The first-order chi connectivity index (χ1) is 15.3. The van der Waals surface area contributed by atoms with Gasteiger partial charge in [-0.15, -0.1) is 0 Å². The molecule has 0 saturated carbocycles. The van der Waals surface area contributed by atoms with Crippen LogP contribution in [0.25, 0.3) is 11.1 Å². The van der Waals surface area contributed by atoms with Crippen LogP contribution in [0.4, 0.5) is 4.79 Å². The molecule has 0 spiro atoms. The molecule has 2 aromatic carbocycles. The van der Waals surface area contributed by atoms with Crippen molar-refractivity contribution in [3.8, 4) is 11.1 Å². The van der Waals surface area contributed by atoms with Crippen LogP contribution < -0.4 is 5.32 Å². The number of hydrogen-bond donors (Lipinski definition) is 2. The molecular weight excluding hydrogens is 408 g/mol. The van der Waals surface area contributed by atoms with Crippen molar-refractivity contribution in [2.24, 2.45) is 5.92 Å². The Morgan fingerprint density at radius 1 is 1.00 bits per heavy atom. The van der Waals surface area contributed by atoms with Crippen LogP contribution in [0.15, 0.2) is 48.5 Å². The summed E-state index contributed by atoms with van der Waals surface area (Å²) in [6.07, 6.45) is 0.190. The average molecular weight is 437 g/mol. The number of benzene rings is 2. The number of nitrogens with one attached hydrogen (secondary N) is 1. The number of carboxylic acid groups (broad SMARTS) is 1. The highest BCUT2D eigenvalue weighted by Gasteiger charge is 2.37. The Bertz CT molecular complexity index is 995. The van der Waals surface area contributed by atoms with E-state index >= 15 is 0 Å². The summed E-state index contributed by atoms with van der Waals surface area (Å²) >= 11 is 0. The van der Waals surface area contributed by atoms with Crippen LogP contribution in [0.2, 0.25) is 0 Å². The van der Waals surface area contributed by atoms with Crippen LogP contribution in [0.5, 0.6) is 0 Å². The number of likely N-dealkylation sites (tertiary alicyclic amines) is 1. The maximum atomic E-state index is 12.9. The molecular formula is C25H28N2O5. The molecule has 4 rings (SSSR count). The number of amides is 2. The Kier molecular flexibility index (Phi) is 5.91.